The van der Waals surface area contributed by atoms with Crippen LogP contribution in [0.15, 0.2) is 17.0 Å². The Morgan fingerprint density at radius 1 is 1.38 bits per heavy atom. The summed E-state index contributed by atoms with van der Waals surface area (Å²) in [6.45, 7) is 3.13. The molecule has 1 saturated heterocycles. The molecule has 7 heteroatoms. The third kappa shape index (κ3) is 3.36. The second-order valence-electron chi connectivity index (χ2n) is 5.44. The van der Waals surface area contributed by atoms with Gasteiger partial charge in [-0.25, -0.2) is 12.8 Å². The molecular formula is C14H21FN2O3S. The van der Waals surface area contributed by atoms with Crippen molar-refractivity contribution in [1.29, 1.82) is 0 Å². The number of halogens is 1. The van der Waals surface area contributed by atoms with Gasteiger partial charge in [-0.3, -0.25) is 0 Å². The zero-order valence-electron chi connectivity index (χ0n) is 12.3. The summed E-state index contributed by atoms with van der Waals surface area (Å²) < 4.78 is 45.2. The molecule has 21 heavy (non-hydrogen) atoms. The molecule has 2 N–H and O–H groups in total. The van der Waals surface area contributed by atoms with Crippen molar-refractivity contribution in [3.8, 4) is 0 Å². The second-order valence-corrected chi connectivity index (χ2v) is 7.35. The molecule has 2 rings (SSSR count). The number of ether oxygens (including phenoxy) is 1. The van der Waals surface area contributed by atoms with Crippen LogP contribution in [0.25, 0.3) is 0 Å². The summed E-state index contributed by atoms with van der Waals surface area (Å²) in [5.74, 6) is -0.203. The number of nitrogens with two attached hydrogens (primary N) is 1. The molecule has 1 aliphatic heterocycles. The predicted octanol–water partition coefficient (Wildman–Crippen LogP) is 1.76. The zero-order valence-corrected chi connectivity index (χ0v) is 13.1. The summed E-state index contributed by atoms with van der Waals surface area (Å²) in [6, 6.07) is 2.38. The summed E-state index contributed by atoms with van der Waals surface area (Å²) in [6.07, 6.45) is 1.53. The number of benzene rings is 1. The molecule has 0 aliphatic carbocycles. The van der Waals surface area contributed by atoms with Crippen molar-refractivity contribution in [3.05, 3.63) is 23.5 Å². The fourth-order valence-corrected chi connectivity index (χ4v) is 4.35. The molecular weight excluding hydrogens is 295 g/mol. The van der Waals surface area contributed by atoms with Crippen molar-refractivity contribution < 1.29 is 17.5 Å². The van der Waals surface area contributed by atoms with Gasteiger partial charge in [0.1, 0.15) is 5.82 Å². The van der Waals surface area contributed by atoms with Gasteiger partial charge in [0.15, 0.2) is 0 Å². The number of rotatable bonds is 4. The van der Waals surface area contributed by atoms with Crippen LogP contribution >= 0.6 is 0 Å². The van der Waals surface area contributed by atoms with Crippen LogP contribution in [0, 0.1) is 18.7 Å². The van der Waals surface area contributed by atoms with Crippen molar-refractivity contribution in [3.63, 3.8) is 0 Å². The molecule has 0 amide bonds. The zero-order chi connectivity index (χ0) is 15.6. The SMILES string of the molecule is COCC1CCN(S(=O)(=O)c2cc(N)c(F)cc2C)CC1. The minimum Gasteiger partial charge on any atom is -0.396 e. The summed E-state index contributed by atoms with van der Waals surface area (Å²) in [7, 11) is -1.98. The molecule has 1 fully saturated rings. The number of methoxy groups -OCH3 is 1. The van der Waals surface area contributed by atoms with E-state index in [1.54, 1.807) is 14.0 Å². The lowest BCUT2D eigenvalue weighted by molar-refractivity contribution is 0.121. The predicted molar refractivity (Wildman–Crippen MR) is 78.9 cm³/mol. The van der Waals surface area contributed by atoms with Gasteiger partial charge in [0.05, 0.1) is 10.6 Å². The van der Waals surface area contributed by atoms with Gasteiger partial charge >= 0.3 is 0 Å². The van der Waals surface area contributed by atoms with E-state index < -0.39 is 15.8 Å². The number of nitrogen functional groups attached to an aromatic ring is 1. The van der Waals surface area contributed by atoms with Crippen LogP contribution in [-0.4, -0.2) is 39.5 Å². The van der Waals surface area contributed by atoms with Gasteiger partial charge in [-0.15, -0.1) is 0 Å². The lowest BCUT2D eigenvalue weighted by atomic mass is 9.99. The van der Waals surface area contributed by atoms with Crippen molar-refractivity contribution in [2.45, 2.75) is 24.7 Å². The number of hydrogen-bond donors (Lipinski definition) is 1. The average Bonchev–Trinajstić information content (AvgIpc) is 2.43. The van der Waals surface area contributed by atoms with Crippen molar-refractivity contribution in [2.75, 3.05) is 32.5 Å². The number of nitrogens with zero attached hydrogens (tertiary/aromatic N) is 1. The normalized spacial score (nSPS) is 18.0. The van der Waals surface area contributed by atoms with Crippen LogP contribution in [0.2, 0.25) is 0 Å². The molecule has 0 unspecified atom stereocenters. The van der Waals surface area contributed by atoms with Crippen molar-refractivity contribution in [2.24, 2.45) is 5.92 Å². The molecule has 5 nitrogen and oxygen atoms in total. The third-order valence-electron chi connectivity index (χ3n) is 3.89. The molecule has 118 valence electrons. The molecule has 1 aromatic carbocycles. The number of hydrogen-bond acceptors (Lipinski definition) is 4. The van der Waals surface area contributed by atoms with Crippen LogP contribution in [0.4, 0.5) is 10.1 Å². The highest BCUT2D eigenvalue weighted by molar-refractivity contribution is 7.89. The van der Waals surface area contributed by atoms with Gasteiger partial charge in [0, 0.05) is 26.8 Å². The summed E-state index contributed by atoms with van der Waals surface area (Å²) >= 11 is 0. The average molecular weight is 316 g/mol. The lowest BCUT2D eigenvalue weighted by Crippen LogP contribution is -2.39. The quantitative estimate of drug-likeness (QED) is 0.859. The molecule has 0 radical (unpaired) electrons. The Kier molecular flexibility index (Phi) is 4.85. The first kappa shape index (κ1) is 16.2. The van der Waals surface area contributed by atoms with E-state index in [0.29, 0.717) is 31.2 Å². The Labute approximate surface area is 124 Å². The maximum absolute atomic E-state index is 13.4. The Morgan fingerprint density at radius 2 is 2.00 bits per heavy atom. The Bertz CT molecular complexity index is 611. The van der Waals surface area contributed by atoms with E-state index in [0.717, 1.165) is 12.8 Å². The molecule has 0 atom stereocenters. The summed E-state index contributed by atoms with van der Waals surface area (Å²) in [5, 5.41) is 0. The van der Waals surface area contributed by atoms with Crippen LogP contribution in [0.3, 0.4) is 0 Å². The molecule has 0 bridgehead atoms. The first-order valence-corrected chi connectivity index (χ1v) is 8.35. The summed E-state index contributed by atoms with van der Waals surface area (Å²) in [5.41, 5.74) is 5.73. The first-order valence-electron chi connectivity index (χ1n) is 6.91. The van der Waals surface area contributed by atoms with E-state index in [4.69, 9.17) is 10.5 Å². The topological polar surface area (TPSA) is 72.6 Å². The molecule has 1 aromatic rings. The van der Waals surface area contributed by atoms with Crippen LogP contribution in [-0.2, 0) is 14.8 Å². The van der Waals surface area contributed by atoms with Crippen LogP contribution < -0.4 is 5.73 Å². The molecule has 0 saturated carbocycles. The van der Waals surface area contributed by atoms with Gasteiger partial charge in [-0.05, 0) is 43.4 Å². The third-order valence-corrected chi connectivity index (χ3v) is 5.93. The van der Waals surface area contributed by atoms with Crippen molar-refractivity contribution >= 4 is 15.7 Å². The fourth-order valence-electron chi connectivity index (χ4n) is 2.64. The second kappa shape index (κ2) is 6.29. The number of aryl methyl sites for hydroxylation is 1. The van der Waals surface area contributed by atoms with E-state index in [-0.39, 0.29) is 10.6 Å². The highest BCUT2D eigenvalue weighted by Gasteiger charge is 2.30. The van der Waals surface area contributed by atoms with E-state index in [1.165, 1.54) is 16.4 Å². The minimum absolute atomic E-state index is 0.0894. The number of sulfonamides is 1. The van der Waals surface area contributed by atoms with E-state index in [9.17, 15) is 12.8 Å². The van der Waals surface area contributed by atoms with E-state index in [2.05, 4.69) is 0 Å². The number of piperidine rings is 1. The Morgan fingerprint density at radius 3 is 2.57 bits per heavy atom. The highest BCUT2D eigenvalue weighted by atomic mass is 32.2. The fraction of sp³-hybridized carbons (Fsp3) is 0.571. The van der Waals surface area contributed by atoms with Gasteiger partial charge < -0.3 is 10.5 Å². The lowest BCUT2D eigenvalue weighted by Gasteiger charge is -2.31. The van der Waals surface area contributed by atoms with E-state index in [1.807, 2.05) is 0 Å². The Hall–Kier alpha value is -1.18. The van der Waals surface area contributed by atoms with Gasteiger partial charge in [0.2, 0.25) is 10.0 Å². The van der Waals surface area contributed by atoms with Gasteiger partial charge in [0.25, 0.3) is 0 Å². The van der Waals surface area contributed by atoms with Gasteiger partial charge in [-0.2, -0.15) is 4.31 Å². The van der Waals surface area contributed by atoms with E-state index >= 15 is 0 Å². The molecule has 0 spiro atoms. The van der Waals surface area contributed by atoms with Crippen LogP contribution in [0.1, 0.15) is 18.4 Å². The molecule has 0 aromatic heterocycles. The Balaban J connectivity index is 2.22. The maximum Gasteiger partial charge on any atom is 0.243 e. The standard InChI is InChI=1S/C14H21FN2O3S/c1-10-7-12(15)13(16)8-14(10)21(18,19)17-5-3-11(4-6-17)9-20-2/h7-8,11H,3-6,9,16H2,1-2H3. The van der Waals surface area contributed by atoms with Crippen molar-refractivity contribution in [1.82, 2.24) is 4.31 Å². The largest absolute Gasteiger partial charge is 0.396 e. The smallest absolute Gasteiger partial charge is 0.243 e. The molecule has 1 aliphatic rings. The number of anilines is 1. The molecule has 1 heterocycles. The van der Waals surface area contributed by atoms with Gasteiger partial charge in [-0.1, -0.05) is 0 Å². The monoisotopic (exact) mass is 316 g/mol. The maximum atomic E-state index is 13.4. The highest BCUT2D eigenvalue weighted by Crippen LogP contribution is 2.28. The van der Waals surface area contributed by atoms with Crippen LogP contribution in [0.5, 0.6) is 0 Å². The first-order chi connectivity index (χ1) is 9.86. The minimum atomic E-state index is -3.62. The summed E-state index contributed by atoms with van der Waals surface area (Å²) in [4.78, 5) is 0.0894.